The number of carbonyl (C=O) groups is 1. The van der Waals surface area contributed by atoms with Gasteiger partial charge in [0.05, 0.1) is 5.56 Å². The molecule has 0 bridgehead atoms. The van der Waals surface area contributed by atoms with Gasteiger partial charge in [0, 0.05) is 4.88 Å². The summed E-state index contributed by atoms with van der Waals surface area (Å²) >= 11 is 1.80. The predicted octanol–water partition coefficient (Wildman–Crippen LogP) is 5.45. The maximum absolute atomic E-state index is 12.9. The molecule has 2 aromatic rings. The molecule has 0 spiro atoms. The van der Waals surface area contributed by atoms with Crippen LogP contribution in [0.2, 0.25) is 0 Å². The number of anilines is 1. The summed E-state index contributed by atoms with van der Waals surface area (Å²) in [6.45, 7) is 9.15. The second kappa shape index (κ2) is 6.41. The van der Waals surface area contributed by atoms with Gasteiger partial charge in [0.1, 0.15) is 11.2 Å². The van der Waals surface area contributed by atoms with E-state index in [4.69, 9.17) is 0 Å². The van der Waals surface area contributed by atoms with Crippen LogP contribution in [-0.2, 0) is 12.8 Å². The molecule has 0 saturated heterocycles. The van der Waals surface area contributed by atoms with Gasteiger partial charge in [0.25, 0.3) is 5.91 Å². The Balaban J connectivity index is 1.65. The summed E-state index contributed by atoms with van der Waals surface area (Å²) in [5.74, 6) is 0.785. The number of fused-ring (bicyclic) bond motifs is 3. The maximum Gasteiger partial charge on any atom is 0.256 e. The summed E-state index contributed by atoms with van der Waals surface area (Å²) in [4.78, 5) is 14.3. The van der Waals surface area contributed by atoms with Crippen LogP contribution in [0.4, 0.5) is 5.00 Å². The highest BCUT2D eigenvalue weighted by atomic mass is 32.1. The van der Waals surface area contributed by atoms with Crippen molar-refractivity contribution in [1.82, 2.24) is 5.32 Å². The molecule has 0 radical (unpaired) electrons. The summed E-state index contributed by atoms with van der Waals surface area (Å²) in [6, 6.07) is 8.25. The van der Waals surface area contributed by atoms with E-state index >= 15 is 0 Å². The van der Waals surface area contributed by atoms with Gasteiger partial charge in [-0.05, 0) is 54.2 Å². The number of carbonyl (C=O) groups excluding carboxylic acids is 1. The molecule has 138 valence electrons. The van der Waals surface area contributed by atoms with E-state index in [1.807, 2.05) is 12.1 Å². The van der Waals surface area contributed by atoms with Crippen LogP contribution in [0.15, 0.2) is 24.3 Å². The number of amides is 1. The largest absolute Gasteiger partial charge is 0.353 e. The molecule has 1 aromatic carbocycles. The van der Waals surface area contributed by atoms with Crippen LogP contribution in [0.1, 0.15) is 71.7 Å². The van der Waals surface area contributed by atoms with E-state index in [0.29, 0.717) is 11.3 Å². The Bertz CT molecular complexity index is 852. The molecule has 26 heavy (non-hydrogen) atoms. The lowest BCUT2D eigenvalue weighted by Gasteiger charge is -2.36. The fourth-order valence-corrected chi connectivity index (χ4v) is 5.67. The lowest BCUT2D eigenvalue weighted by molar-refractivity contribution is 0.0934. The summed E-state index contributed by atoms with van der Waals surface area (Å²) in [5.41, 5.74) is 4.90. The summed E-state index contributed by atoms with van der Waals surface area (Å²) in [7, 11) is 0. The standard InChI is InChI=1S/C22H28N2OS/c1-5-22(3,4)14-10-11-16-17(12-14)26-21-18(16)20(25)23-19(24-21)15-9-7-6-8-13(15)2/h6-9,14,19,24H,5,10-12H2,1-4H3,(H,23,25)/t14-,19-/m0/s1. The van der Waals surface area contributed by atoms with E-state index in [1.165, 1.54) is 28.8 Å². The van der Waals surface area contributed by atoms with Gasteiger partial charge in [-0.3, -0.25) is 4.79 Å². The lowest BCUT2D eigenvalue weighted by Crippen LogP contribution is -2.38. The SMILES string of the molecule is CCC(C)(C)[C@H]1CCc2c(sc3c2C(=O)N[C@H](c2ccccc2C)N3)C1. The fraction of sp³-hybridized carbons (Fsp3) is 0.500. The zero-order valence-corrected chi connectivity index (χ0v) is 16.9. The Morgan fingerprint density at radius 1 is 1.23 bits per heavy atom. The van der Waals surface area contributed by atoms with E-state index in [1.54, 1.807) is 11.3 Å². The molecule has 2 aliphatic rings. The van der Waals surface area contributed by atoms with Crippen LogP contribution >= 0.6 is 11.3 Å². The van der Waals surface area contributed by atoms with Crippen molar-refractivity contribution < 1.29 is 4.79 Å². The summed E-state index contributed by atoms with van der Waals surface area (Å²) < 4.78 is 0. The van der Waals surface area contributed by atoms with Crippen molar-refractivity contribution in [3.05, 3.63) is 51.4 Å². The van der Waals surface area contributed by atoms with E-state index in [2.05, 4.69) is 50.5 Å². The van der Waals surface area contributed by atoms with E-state index in [0.717, 1.165) is 29.0 Å². The third kappa shape index (κ3) is 2.84. The van der Waals surface area contributed by atoms with Gasteiger partial charge in [0.15, 0.2) is 0 Å². The van der Waals surface area contributed by atoms with Crippen LogP contribution < -0.4 is 10.6 Å². The average molecular weight is 369 g/mol. The Kier molecular flexibility index (Phi) is 4.34. The molecule has 2 N–H and O–H groups in total. The Morgan fingerprint density at radius 2 is 2.00 bits per heavy atom. The number of nitrogens with one attached hydrogen (secondary N) is 2. The smallest absolute Gasteiger partial charge is 0.256 e. The molecular weight excluding hydrogens is 340 g/mol. The van der Waals surface area contributed by atoms with E-state index in [9.17, 15) is 4.79 Å². The number of rotatable bonds is 3. The molecule has 4 heteroatoms. The van der Waals surface area contributed by atoms with Gasteiger partial charge in [-0.1, -0.05) is 51.5 Å². The maximum atomic E-state index is 12.9. The molecule has 1 aliphatic heterocycles. The summed E-state index contributed by atoms with van der Waals surface area (Å²) in [5, 5.41) is 7.83. The molecular formula is C22H28N2OS. The van der Waals surface area contributed by atoms with Gasteiger partial charge in [-0.15, -0.1) is 11.3 Å². The van der Waals surface area contributed by atoms with Gasteiger partial charge in [-0.2, -0.15) is 0 Å². The Morgan fingerprint density at radius 3 is 2.73 bits per heavy atom. The Hall–Kier alpha value is -1.81. The molecule has 4 rings (SSSR count). The number of hydrogen-bond donors (Lipinski definition) is 2. The molecule has 1 amide bonds. The van der Waals surface area contributed by atoms with Crippen LogP contribution in [0.3, 0.4) is 0 Å². The zero-order valence-electron chi connectivity index (χ0n) is 16.1. The normalized spacial score (nSPS) is 22.2. The minimum absolute atomic E-state index is 0.0812. The first-order valence-electron chi connectivity index (χ1n) is 9.68. The van der Waals surface area contributed by atoms with Gasteiger partial charge in [0.2, 0.25) is 0 Å². The first-order valence-corrected chi connectivity index (χ1v) is 10.5. The highest BCUT2D eigenvalue weighted by Gasteiger charge is 2.37. The molecule has 1 aliphatic carbocycles. The molecule has 1 aromatic heterocycles. The second-order valence-electron chi connectivity index (χ2n) is 8.40. The molecule has 2 atom stereocenters. The van der Waals surface area contributed by atoms with E-state index in [-0.39, 0.29) is 12.1 Å². The second-order valence-corrected chi connectivity index (χ2v) is 9.50. The predicted molar refractivity (Wildman–Crippen MR) is 109 cm³/mol. The summed E-state index contributed by atoms with van der Waals surface area (Å²) in [6.07, 6.45) is 4.38. The monoisotopic (exact) mass is 368 g/mol. The lowest BCUT2D eigenvalue weighted by atomic mass is 9.69. The van der Waals surface area contributed by atoms with Gasteiger partial charge in [-0.25, -0.2) is 0 Å². The number of hydrogen-bond acceptors (Lipinski definition) is 3. The minimum atomic E-state index is -0.140. The third-order valence-electron chi connectivity index (χ3n) is 6.56. The average Bonchev–Trinajstić information content (AvgIpc) is 3.00. The molecule has 2 heterocycles. The number of thiophene rings is 1. The van der Waals surface area contributed by atoms with Crippen LogP contribution in [-0.4, -0.2) is 5.91 Å². The van der Waals surface area contributed by atoms with Crippen molar-refractivity contribution in [3.8, 4) is 0 Å². The van der Waals surface area contributed by atoms with Crippen LogP contribution in [0.5, 0.6) is 0 Å². The first kappa shape index (κ1) is 17.6. The topological polar surface area (TPSA) is 41.1 Å². The van der Waals surface area contributed by atoms with Crippen molar-refractivity contribution in [3.63, 3.8) is 0 Å². The first-order chi connectivity index (χ1) is 12.4. The molecule has 0 unspecified atom stereocenters. The molecule has 0 fully saturated rings. The quantitative estimate of drug-likeness (QED) is 0.756. The fourth-order valence-electron chi connectivity index (χ4n) is 4.32. The van der Waals surface area contributed by atoms with Crippen molar-refractivity contribution in [2.75, 3.05) is 5.32 Å². The molecule has 0 saturated carbocycles. The van der Waals surface area contributed by atoms with E-state index < -0.39 is 0 Å². The van der Waals surface area contributed by atoms with Crippen molar-refractivity contribution in [2.45, 2.75) is 59.5 Å². The van der Waals surface area contributed by atoms with Crippen molar-refractivity contribution in [1.29, 1.82) is 0 Å². The van der Waals surface area contributed by atoms with Crippen LogP contribution in [0.25, 0.3) is 0 Å². The minimum Gasteiger partial charge on any atom is -0.353 e. The highest BCUT2D eigenvalue weighted by Crippen LogP contribution is 2.47. The number of aryl methyl sites for hydroxylation is 1. The molecule has 3 nitrogen and oxygen atoms in total. The zero-order chi connectivity index (χ0) is 18.5. The highest BCUT2D eigenvalue weighted by molar-refractivity contribution is 7.16. The third-order valence-corrected chi connectivity index (χ3v) is 7.74. The Labute approximate surface area is 160 Å². The number of benzene rings is 1. The van der Waals surface area contributed by atoms with Crippen molar-refractivity contribution in [2.24, 2.45) is 11.3 Å². The van der Waals surface area contributed by atoms with Gasteiger partial charge < -0.3 is 10.6 Å². The van der Waals surface area contributed by atoms with Crippen LogP contribution in [0, 0.1) is 18.3 Å². The van der Waals surface area contributed by atoms with Gasteiger partial charge >= 0.3 is 0 Å². The van der Waals surface area contributed by atoms with Crippen molar-refractivity contribution >= 4 is 22.2 Å².